The van der Waals surface area contributed by atoms with Crippen molar-refractivity contribution in [3.63, 3.8) is 0 Å². The van der Waals surface area contributed by atoms with Gasteiger partial charge in [0.15, 0.2) is 0 Å². The van der Waals surface area contributed by atoms with E-state index in [4.69, 9.17) is 10.5 Å². The van der Waals surface area contributed by atoms with Crippen LogP contribution in [0.25, 0.3) is 0 Å². The Balaban J connectivity index is 2.48. The number of hydrogen-bond donors (Lipinski definition) is 1. The number of rotatable bonds is 9. The van der Waals surface area contributed by atoms with Crippen molar-refractivity contribution >= 4 is 0 Å². The van der Waals surface area contributed by atoms with E-state index in [1.165, 1.54) is 5.56 Å². The average Bonchev–Trinajstić information content (AvgIpc) is 2.37. The van der Waals surface area contributed by atoms with Crippen LogP contribution in [0.3, 0.4) is 0 Å². The van der Waals surface area contributed by atoms with E-state index in [9.17, 15) is 0 Å². The number of hydrogen-bond acceptors (Lipinski definition) is 3. The normalized spacial score (nSPS) is 12.1. The highest BCUT2D eigenvalue weighted by molar-refractivity contribution is 5.14. The number of benzene rings is 1. The SMILES string of the molecule is COCC(C)(C)CN(CCN)CCc1ccccc1. The van der Waals surface area contributed by atoms with Crippen molar-refractivity contribution in [3.05, 3.63) is 35.9 Å². The lowest BCUT2D eigenvalue weighted by Gasteiger charge is -2.32. The Bertz CT molecular complexity index is 338. The molecule has 0 aliphatic heterocycles. The van der Waals surface area contributed by atoms with E-state index in [-0.39, 0.29) is 5.41 Å². The molecule has 0 unspecified atom stereocenters. The fourth-order valence-corrected chi connectivity index (χ4v) is 2.43. The van der Waals surface area contributed by atoms with Gasteiger partial charge in [-0.15, -0.1) is 0 Å². The molecule has 0 bridgehead atoms. The first kappa shape index (κ1) is 16.2. The topological polar surface area (TPSA) is 38.5 Å². The van der Waals surface area contributed by atoms with Gasteiger partial charge in [0, 0.05) is 38.7 Å². The Morgan fingerprint density at radius 3 is 2.42 bits per heavy atom. The van der Waals surface area contributed by atoms with Crippen molar-refractivity contribution in [1.29, 1.82) is 0 Å². The first-order valence-electron chi connectivity index (χ1n) is 7.03. The van der Waals surface area contributed by atoms with Crippen LogP contribution in [0.5, 0.6) is 0 Å². The summed E-state index contributed by atoms with van der Waals surface area (Å²) in [5.74, 6) is 0. The maximum absolute atomic E-state index is 5.72. The van der Waals surface area contributed by atoms with Crippen LogP contribution in [0.15, 0.2) is 30.3 Å². The lowest BCUT2D eigenvalue weighted by atomic mass is 9.93. The van der Waals surface area contributed by atoms with Gasteiger partial charge in [-0.2, -0.15) is 0 Å². The molecular formula is C16H28N2O. The number of methoxy groups -OCH3 is 1. The predicted molar refractivity (Wildman–Crippen MR) is 81.3 cm³/mol. The van der Waals surface area contributed by atoms with Gasteiger partial charge >= 0.3 is 0 Å². The van der Waals surface area contributed by atoms with E-state index in [1.807, 2.05) is 0 Å². The summed E-state index contributed by atoms with van der Waals surface area (Å²) in [6, 6.07) is 10.6. The van der Waals surface area contributed by atoms with Crippen molar-refractivity contribution in [3.8, 4) is 0 Å². The van der Waals surface area contributed by atoms with Gasteiger partial charge in [-0.25, -0.2) is 0 Å². The van der Waals surface area contributed by atoms with Crippen molar-refractivity contribution in [1.82, 2.24) is 4.90 Å². The van der Waals surface area contributed by atoms with Crippen LogP contribution in [0, 0.1) is 5.41 Å². The maximum Gasteiger partial charge on any atom is 0.0525 e. The van der Waals surface area contributed by atoms with Crippen LogP contribution >= 0.6 is 0 Å². The monoisotopic (exact) mass is 264 g/mol. The van der Waals surface area contributed by atoms with E-state index < -0.39 is 0 Å². The molecule has 0 fully saturated rings. The Morgan fingerprint density at radius 2 is 1.84 bits per heavy atom. The highest BCUT2D eigenvalue weighted by atomic mass is 16.5. The molecule has 1 aromatic carbocycles. The minimum Gasteiger partial charge on any atom is -0.384 e. The van der Waals surface area contributed by atoms with Crippen molar-refractivity contribution < 1.29 is 4.74 Å². The molecule has 0 spiro atoms. The molecule has 1 aromatic rings. The summed E-state index contributed by atoms with van der Waals surface area (Å²) >= 11 is 0. The molecular weight excluding hydrogens is 236 g/mol. The Labute approximate surface area is 117 Å². The molecule has 108 valence electrons. The minimum atomic E-state index is 0.167. The molecule has 0 saturated heterocycles. The standard InChI is InChI=1S/C16H28N2O/c1-16(2,14-19-3)13-18(12-10-17)11-9-15-7-5-4-6-8-15/h4-8H,9-14,17H2,1-3H3. The van der Waals surface area contributed by atoms with E-state index >= 15 is 0 Å². The molecule has 0 atom stereocenters. The van der Waals surface area contributed by atoms with Gasteiger partial charge in [0.1, 0.15) is 0 Å². The second kappa shape index (κ2) is 8.31. The van der Waals surface area contributed by atoms with Crippen LogP contribution in [-0.2, 0) is 11.2 Å². The van der Waals surface area contributed by atoms with E-state index in [0.29, 0.717) is 6.54 Å². The Hall–Kier alpha value is -0.900. The van der Waals surface area contributed by atoms with Gasteiger partial charge in [0.2, 0.25) is 0 Å². The van der Waals surface area contributed by atoms with Crippen LogP contribution < -0.4 is 5.73 Å². The van der Waals surface area contributed by atoms with Gasteiger partial charge in [0.25, 0.3) is 0 Å². The first-order valence-corrected chi connectivity index (χ1v) is 7.03. The second-order valence-electron chi connectivity index (χ2n) is 5.90. The summed E-state index contributed by atoms with van der Waals surface area (Å²) in [6.07, 6.45) is 1.07. The highest BCUT2D eigenvalue weighted by Gasteiger charge is 2.21. The predicted octanol–water partition coefficient (Wildman–Crippen LogP) is 2.16. The number of nitrogens with zero attached hydrogens (tertiary/aromatic N) is 1. The molecule has 1 rings (SSSR count). The van der Waals surface area contributed by atoms with Gasteiger partial charge in [-0.3, -0.25) is 0 Å². The lowest BCUT2D eigenvalue weighted by Crippen LogP contribution is -2.40. The molecule has 0 saturated carbocycles. The quantitative estimate of drug-likeness (QED) is 0.743. The summed E-state index contributed by atoms with van der Waals surface area (Å²) in [6.45, 7) is 8.97. The van der Waals surface area contributed by atoms with Crippen LogP contribution in [0.1, 0.15) is 19.4 Å². The molecule has 0 heterocycles. The van der Waals surface area contributed by atoms with E-state index in [1.54, 1.807) is 7.11 Å². The van der Waals surface area contributed by atoms with Crippen LogP contribution in [-0.4, -0.2) is 44.8 Å². The number of nitrogens with two attached hydrogens (primary N) is 1. The summed E-state index contributed by atoms with van der Waals surface area (Å²) in [4.78, 5) is 2.44. The molecule has 0 aromatic heterocycles. The third kappa shape index (κ3) is 6.71. The fourth-order valence-electron chi connectivity index (χ4n) is 2.43. The smallest absolute Gasteiger partial charge is 0.0525 e. The molecule has 0 radical (unpaired) electrons. The zero-order valence-electron chi connectivity index (χ0n) is 12.6. The molecule has 19 heavy (non-hydrogen) atoms. The zero-order chi connectivity index (χ0) is 14.1. The largest absolute Gasteiger partial charge is 0.384 e. The first-order chi connectivity index (χ1) is 9.07. The summed E-state index contributed by atoms with van der Waals surface area (Å²) in [7, 11) is 1.76. The summed E-state index contributed by atoms with van der Waals surface area (Å²) in [5.41, 5.74) is 7.27. The van der Waals surface area contributed by atoms with Gasteiger partial charge < -0.3 is 15.4 Å². The Morgan fingerprint density at radius 1 is 1.16 bits per heavy atom. The minimum absolute atomic E-state index is 0.167. The second-order valence-corrected chi connectivity index (χ2v) is 5.90. The fraction of sp³-hybridized carbons (Fsp3) is 0.625. The van der Waals surface area contributed by atoms with Crippen molar-refractivity contribution in [2.45, 2.75) is 20.3 Å². The zero-order valence-corrected chi connectivity index (χ0v) is 12.6. The molecule has 0 aliphatic rings. The average molecular weight is 264 g/mol. The van der Waals surface area contributed by atoms with Gasteiger partial charge in [0.05, 0.1) is 6.61 Å². The van der Waals surface area contributed by atoms with Crippen LogP contribution in [0.4, 0.5) is 0 Å². The third-order valence-corrected chi connectivity index (χ3v) is 3.19. The molecule has 0 aliphatic carbocycles. The maximum atomic E-state index is 5.72. The summed E-state index contributed by atoms with van der Waals surface area (Å²) < 4.78 is 5.29. The van der Waals surface area contributed by atoms with Crippen molar-refractivity contribution in [2.24, 2.45) is 11.1 Å². The van der Waals surface area contributed by atoms with Crippen LogP contribution in [0.2, 0.25) is 0 Å². The molecule has 3 nitrogen and oxygen atoms in total. The summed E-state index contributed by atoms with van der Waals surface area (Å²) in [5, 5.41) is 0. The van der Waals surface area contributed by atoms with E-state index in [0.717, 1.165) is 32.7 Å². The lowest BCUT2D eigenvalue weighted by molar-refractivity contribution is 0.0709. The van der Waals surface area contributed by atoms with Crippen molar-refractivity contribution in [2.75, 3.05) is 39.9 Å². The van der Waals surface area contributed by atoms with Gasteiger partial charge in [-0.1, -0.05) is 44.2 Å². The molecule has 3 heteroatoms. The van der Waals surface area contributed by atoms with E-state index in [2.05, 4.69) is 49.1 Å². The third-order valence-electron chi connectivity index (χ3n) is 3.19. The molecule has 2 N–H and O–H groups in total. The molecule has 0 amide bonds. The Kier molecular flexibility index (Phi) is 7.06. The highest BCUT2D eigenvalue weighted by Crippen LogP contribution is 2.17. The number of ether oxygens (including phenoxy) is 1. The van der Waals surface area contributed by atoms with Gasteiger partial charge in [-0.05, 0) is 12.0 Å².